The third-order valence-corrected chi connectivity index (χ3v) is 12.4. The number of carbonyl (C=O) groups excluding carboxylic acids is 3. The number of aliphatic hydroxyl groups is 2. The quantitative estimate of drug-likeness (QED) is 0.207. The van der Waals surface area contributed by atoms with E-state index in [1.165, 1.54) is 19.3 Å². The molecular formula is C36H42O10. The molecule has 3 heterocycles. The highest BCUT2D eigenvalue weighted by Gasteiger charge is 2.78. The van der Waals surface area contributed by atoms with Crippen molar-refractivity contribution in [3.8, 4) is 0 Å². The van der Waals surface area contributed by atoms with E-state index in [0.29, 0.717) is 18.6 Å². The Bertz CT molecular complexity index is 1550. The minimum absolute atomic E-state index is 0.0355. The number of esters is 3. The SMILES string of the molecule is COC(=O)CC1C2(C)C3=C(C)C(C4=CC(=O)OC4O)CC3OC2C2OCC3(C)C(O)CC(OC(=O)C=Cc4ccccc4)C1(C)C23. The molecule has 4 fully saturated rings. The lowest BCUT2D eigenvalue weighted by atomic mass is 9.40. The molecular weight excluding hydrogens is 592 g/mol. The number of aliphatic hydroxyl groups excluding tert-OH is 2. The predicted octanol–water partition coefficient (Wildman–Crippen LogP) is 3.51. The second-order valence-corrected chi connectivity index (χ2v) is 14.5. The van der Waals surface area contributed by atoms with Crippen molar-refractivity contribution in [3.05, 3.63) is 64.8 Å². The van der Waals surface area contributed by atoms with Gasteiger partial charge in [0.1, 0.15) is 6.10 Å². The molecule has 0 bridgehead atoms. The zero-order valence-corrected chi connectivity index (χ0v) is 26.8. The van der Waals surface area contributed by atoms with Crippen molar-refractivity contribution in [2.45, 2.75) is 83.8 Å². The van der Waals surface area contributed by atoms with Crippen molar-refractivity contribution in [2.75, 3.05) is 13.7 Å². The molecule has 7 rings (SSSR count). The second-order valence-electron chi connectivity index (χ2n) is 14.5. The Hall–Kier alpha value is -3.31. The fraction of sp³-hybridized carbons (Fsp3) is 0.583. The van der Waals surface area contributed by atoms with Gasteiger partial charge in [0.25, 0.3) is 0 Å². The average Bonchev–Trinajstić information content (AvgIpc) is 3.74. The fourth-order valence-corrected chi connectivity index (χ4v) is 10.4. The van der Waals surface area contributed by atoms with Crippen LogP contribution in [0.25, 0.3) is 6.08 Å². The van der Waals surface area contributed by atoms with Gasteiger partial charge in [0, 0.05) is 58.6 Å². The van der Waals surface area contributed by atoms with Crippen LogP contribution >= 0.6 is 0 Å². The predicted molar refractivity (Wildman–Crippen MR) is 163 cm³/mol. The number of benzene rings is 1. The molecule has 0 aromatic heterocycles. The summed E-state index contributed by atoms with van der Waals surface area (Å²) in [4.78, 5) is 38.7. The van der Waals surface area contributed by atoms with E-state index in [1.807, 2.05) is 44.2 Å². The van der Waals surface area contributed by atoms with Crippen LogP contribution in [-0.4, -0.2) is 78.6 Å². The number of carbonyl (C=O) groups is 3. The number of ether oxygens (including phenoxy) is 5. The zero-order valence-electron chi connectivity index (χ0n) is 26.8. The molecule has 1 aromatic rings. The number of hydrogen-bond donors (Lipinski definition) is 2. The molecule has 0 radical (unpaired) electrons. The summed E-state index contributed by atoms with van der Waals surface area (Å²) in [5.41, 5.74) is 1.07. The van der Waals surface area contributed by atoms with Gasteiger partial charge in [0.05, 0.1) is 38.1 Å². The van der Waals surface area contributed by atoms with Crippen molar-refractivity contribution in [3.63, 3.8) is 0 Å². The molecule has 1 aromatic carbocycles. The van der Waals surface area contributed by atoms with Crippen molar-refractivity contribution in [1.82, 2.24) is 0 Å². The minimum Gasteiger partial charge on any atom is -0.469 e. The Kier molecular flexibility index (Phi) is 7.40. The average molecular weight is 635 g/mol. The minimum atomic E-state index is -1.32. The van der Waals surface area contributed by atoms with Crippen molar-refractivity contribution < 1.29 is 48.3 Å². The summed E-state index contributed by atoms with van der Waals surface area (Å²) >= 11 is 0. The molecule has 2 N–H and O–H groups in total. The van der Waals surface area contributed by atoms with E-state index in [9.17, 15) is 24.6 Å². The lowest BCUT2D eigenvalue weighted by Crippen LogP contribution is -2.70. The third-order valence-electron chi connectivity index (χ3n) is 12.4. The molecule has 246 valence electrons. The van der Waals surface area contributed by atoms with Crippen LogP contribution in [0, 0.1) is 34.0 Å². The number of fused-ring (bicyclic) bond motifs is 4. The zero-order chi connectivity index (χ0) is 32.8. The van der Waals surface area contributed by atoms with Gasteiger partial charge >= 0.3 is 17.9 Å². The Morgan fingerprint density at radius 2 is 1.85 bits per heavy atom. The van der Waals surface area contributed by atoms with E-state index < -0.39 is 70.8 Å². The van der Waals surface area contributed by atoms with Gasteiger partial charge < -0.3 is 33.9 Å². The van der Waals surface area contributed by atoms with Crippen molar-refractivity contribution >= 4 is 24.0 Å². The first-order valence-corrected chi connectivity index (χ1v) is 16.1. The number of methoxy groups -OCH3 is 1. The number of hydrogen-bond acceptors (Lipinski definition) is 10. The third kappa shape index (κ3) is 4.33. The molecule has 10 nitrogen and oxygen atoms in total. The first kappa shape index (κ1) is 31.3. The van der Waals surface area contributed by atoms with Gasteiger partial charge in [-0.25, -0.2) is 9.59 Å². The molecule has 0 spiro atoms. The van der Waals surface area contributed by atoms with Crippen LogP contribution in [0.1, 0.15) is 52.5 Å². The maximum absolute atomic E-state index is 13.4. The smallest absolute Gasteiger partial charge is 0.333 e. The molecule has 12 atom stereocenters. The Balaban J connectivity index is 1.34. The largest absolute Gasteiger partial charge is 0.469 e. The first-order valence-electron chi connectivity index (χ1n) is 16.1. The fourth-order valence-electron chi connectivity index (χ4n) is 10.4. The Morgan fingerprint density at radius 1 is 1.11 bits per heavy atom. The number of cyclic esters (lactones) is 1. The summed E-state index contributed by atoms with van der Waals surface area (Å²) in [6, 6.07) is 9.45. The lowest BCUT2D eigenvalue weighted by molar-refractivity contribution is -0.248. The Labute approximate surface area is 268 Å². The van der Waals surface area contributed by atoms with Crippen LogP contribution in [0.4, 0.5) is 0 Å². The van der Waals surface area contributed by atoms with Gasteiger partial charge in [-0.05, 0) is 36.5 Å². The van der Waals surface area contributed by atoms with Gasteiger partial charge in [-0.3, -0.25) is 4.79 Å². The van der Waals surface area contributed by atoms with Crippen LogP contribution in [0.2, 0.25) is 0 Å². The summed E-state index contributed by atoms with van der Waals surface area (Å²) in [7, 11) is 1.37. The standard InChI is InChI=1S/C36H42O10/c1-18-20(21-14-28(40)46-33(21)41)13-22-29(18)36(4)23(15-27(39)42-5)35(3)25(45-26(38)12-11-19-9-7-6-8-10-19)16-24(37)34(2)17-43-30(31(34)35)32(36)44-22/h6-12,14,20,22-25,30-33,37,41H,13,15-17H2,1-5H3. The van der Waals surface area contributed by atoms with Gasteiger partial charge in [-0.15, -0.1) is 0 Å². The molecule has 2 saturated heterocycles. The van der Waals surface area contributed by atoms with Crippen LogP contribution in [0.3, 0.4) is 0 Å². The normalized spacial score (nSPS) is 44.0. The van der Waals surface area contributed by atoms with Gasteiger partial charge in [-0.1, -0.05) is 56.7 Å². The van der Waals surface area contributed by atoms with E-state index in [1.54, 1.807) is 6.08 Å². The highest BCUT2D eigenvalue weighted by Crippen LogP contribution is 2.73. The molecule has 12 unspecified atom stereocenters. The summed E-state index contributed by atoms with van der Waals surface area (Å²) in [6.45, 7) is 8.49. The highest BCUT2D eigenvalue weighted by molar-refractivity contribution is 5.87. The summed E-state index contributed by atoms with van der Waals surface area (Å²) in [6.07, 6.45) is 1.09. The van der Waals surface area contributed by atoms with E-state index in [0.717, 1.165) is 16.7 Å². The maximum atomic E-state index is 13.4. The van der Waals surface area contributed by atoms with E-state index >= 15 is 0 Å². The van der Waals surface area contributed by atoms with Gasteiger partial charge in [0.2, 0.25) is 6.29 Å². The highest BCUT2D eigenvalue weighted by atomic mass is 16.6. The number of rotatable bonds is 6. The monoisotopic (exact) mass is 634 g/mol. The first-order chi connectivity index (χ1) is 21.8. The van der Waals surface area contributed by atoms with Gasteiger partial charge in [0.15, 0.2) is 0 Å². The van der Waals surface area contributed by atoms with Crippen LogP contribution in [-0.2, 0) is 38.1 Å². The van der Waals surface area contributed by atoms with E-state index in [4.69, 9.17) is 23.7 Å². The van der Waals surface area contributed by atoms with Crippen LogP contribution < -0.4 is 0 Å². The number of allylic oxidation sites excluding steroid dienone is 1. The Morgan fingerprint density at radius 3 is 2.52 bits per heavy atom. The van der Waals surface area contributed by atoms with Crippen molar-refractivity contribution in [1.29, 1.82) is 0 Å². The summed E-state index contributed by atoms with van der Waals surface area (Å²) < 4.78 is 30.1. The topological polar surface area (TPSA) is 138 Å². The van der Waals surface area contributed by atoms with Crippen LogP contribution in [0.15, 0.2) is 59.2 Å². The molecule has 3 aliphatic heterocycles. The molecule has 6 aliphatic rings. The lowest BCUT2D eigenvalue weighted by Gasteiger charge is -2.65. The van der Waals surface area contributed by atoms with E-state index in [2.05, 4.69) is 13.8 Å². The van der Waals surface area contributed by atoms with Crippen LogP contribution in [0.5, 0.6) is 0 Å². The molecule has 3 aliphatic carbocycles. The molecule has 0 amide bonds. The summed E-state index contributed by atoms with van der Waals surface area (Å²) in [5.74, 6) is -2.51. The molecule has 2 saturated carbocycles. The van der Waals surface area contributed by atoms with Gasteiger partial charge in [-0.2, -0.15) is 0 Å². The van der Waals surface area contributed by atoms with Crippen molar-refractivity contribution in [2.24, 2.45) is 34.0 Å². The van der Waals surface area contributed by atoms with E-state index in [-0.39, 0.29) is 30.8 Å². The maximum Gasteiger partial charge on any atom is 0.333 e. The molecule has 10 heteroatoms. The molecule has 46 heavy (non-hydrogen) atoms. The summed E-state index contributed by atoms with van der Waals surface area (Å²) in [5, 5.41) is 22.2. The second kappa shape index (κ2) is 10.9.